The summed E-state index contributed by atoms with van der Waals surface area (Å²) in [6.07, 6.45) is 4.23. The molecule has 1 fully saturated rings. The summed E-state index contributed by atoms with van der Waals surface area (Å²) in [5.74, 6) is -0.777. The number of anilines is 1. The third-order valence-corrected chi connectivity index (χ3v) is 10.5. The van der Waals surface area contributed by atoms with Crippen LogP contribution in [0.5, 0.6) is 0 Å². The molecule has 4 rings (SSSR count). The van der Waals surface area contributed by atoms with Gasteiger partial charge in [-0.15, -0.1) is 0 Å². The zero-order valence-electron chi connectivity index (χ0n) is 25.1. The third-order valence-electron chi connectivity index (χ3n) is 8.11. The van der Waals surface area contributed by atoms with E-state index in [-0.39, 0.29) is 23.4 Å². The molecular formula is C33H39Cl2N3O4S. The minimum absolute atomic E-state index is 0.0107. The van der Waals surface area contributed by atoms with E-state index in [4.69, 9.17) is 23.2 Å². The van der Waals surface area contributed by atoms with Gasteiger partial charge in [-0.25, -0.2) is 8.42 Å². The zero-order chi connectivity index (χ0) is 31.3. The van der Waals surface area contributed by atoms with Gasteiger partial charge in [-0.2, -0.15) is 0 Å². The Balaban J connectivity index is 1.75. The fraction of sp³-hybridized carbons (Fsp3) is 0.394. The zero-order valence-corrected chi connectivity index (χ0v) is 27.4. The van der Waals surface area contributed by atoms with Crippen molar-refractivity contribution in [1.82, 2.24) is 10.2 Å². The molecule has 0 aliphatic heterocycles. The van der Waals surface area contributed by atoms with Gasteiger partial charge in [0.2, 0.25) is 11.8 Å². The van der Waals surface area contributed by atoms with E-state index < -0.39 is 28.5 Å². The summed E-state index contributed by atoms with van der Waals surface area (Å²) in [5, 5.41) is 3.92. The van der Waals surface area contributed by atoms with E-state index in [1.54, 1.807) is 54.6 Å². The third kappa shape index (κ3) is 7.91. The summed E-state index contributed by atoms with van der Waals surface area (Å²) in [6, 6.07) is 16.0. The summed E-state index contributed by atoms with van der Waals surface area (Å²) in [4.78, 5) is 29.4. The first kappa shape index (κ1) is 32.8. The fourth-order valence-electron chi connectivity index (χ4n) is 5.37. The van der Waals surface area contributed by atoms with Gasteiger partial charge >= 0.3 is 0 Å². The standard InChI is InChI=1S/C33H39Cl2N3O4S/c1-5-31(33(40)36-27-8-6-7-9-27)37(20-25-13-14-26(34)19-30(25)35)32(39)21-38(28-15-12-23(3)24(4)18-28)43(41,42)29-16-10-22(2)11-17-29/h10-19,27,31H,5-9,20-21H2,1-4H3,(H,36,40). The maximum Gasteiger partial charge on any atom is 0.264 e. The molecule has 7 nitrogen and oxygen atoms in total. The summed E-state index contributed by atoms with van der Waals surface area (Å²) < 4.78 is 29.3. The second-order valence-electron chi connectivity index (χ2n) is 11.3. The van der Waals surface area contributed by atoms with Gasteiger partial charge in [-0.3, -0.25) is 13.9 Å². The molecule has 3 aromatic carbocycles. The first-order chi connectivity index (χ1) is 20.4. The highest BCUT2D eigenvalue weighted by molar-refractivity contribution is 7.92. The van der Waals surface area contributed by atoms with Crippen LogP contribution in [0.2, 0.25) is 10.0 Å². The minimum Gasteiger partial charge on any atom is -0.352 e. The lowest BCUT2D eigenvalue weighted by Crippen LogP contribution is -2.53. The molecule has 0 saturated heterocycles. The van der Waals surface area contributed by atoms with Crippen LogP contribution in [0.3, 0.4) is 0 Å². The Labute approximate surface area is 265 Å². The molecule has 0 heterocycles. The van der Waals surface area contributed by atoms with Crippen molar-refractivity contribution in [3.8, 4) is 0 Å². The average Bonchev–Trinajstić information content (AvgIpc) is 3.47. The van der Waals surface area contributed by atoms with E-state index in [1.807, 2.05) is 33.8 Å². The maximum atomic E-state index is 14.3. The van der Waals surface area contributed by atoms with Gasteiger partial charge < -0.3 is 10.2 Å². The van der Waals surface area contributed by atoms with E-state index in [9.17, 15) is 18.0 Å². The van der Waals surface area contributed by atoms with E-state index in [2.05, 4.69) is 5.32 Å². The van der Waals surface area contributed by atoms with E-state index in [0.29, 0.717) is 27.7 Å². The van der Waals surface area contributed by atoms with E-state index in [0.717, 1.165) is 46.7 Å². The quantitative estimate of drug-likeness (QED) is 0.244. The van der Waals surface area contributed by atoms with Crippen molar-refractivity contribution in [2.45, 2.75) is 83.3 Å². The van der Waals surface area contributed by atoms with Crippen molar-refractivity contribution in [2.24, 2.45) is 0 Å². The predicted molar refractivity (Wildman–Crippen MR) is 173 cm³/mol. The van der Waals surface area contributed by atoms with Crippen molar-refractivity contribution in [1.29, 1.82) is 0 Å². The molecule has 230 valence electrons. The number of carbonyl (C=O) groups excluding carboxylic acids is 2. The topological polar surface area (TPSA) is 86.8 Å². The highest BCUT2D eigenvalue weighted by Gasteiger charge is 2.35. The molecule has 0 bridgehead atoms. The molecular weight excluding hydrogens is 605 g/mol. The normalized spacial score (nSPS) is 14.4. The second-order valence-corrected chi connectivity index (χ2v) is 14.0. The fourth-order valence-corrected chi connectivity index (χ4v) is 7.24. The number of nitrogens with one attached hydrogen (secondary N) is 1. The molecule has 1 aliphatic rings. The van der Waals surface area contributed by atoms with Gasteiger partial charge in [-0.1, -0.05) is 72.8 Å². The van der Waals surface area contributed by atoms with Crippen LogP contribution >= 0.6 is 23.2 Å². The lowest BCUT2D eigenvalue weighted by Gasteiger charge is -2.34. The minimum atomic E-state index is -4.15. The van der Waals surface area contributed by atoms with Gasteiger partial charge in [0.25, 0.3) is 10.0 Å². The second kappa shape index (κ2) is 14.1. The number of amides is 2. The Bertz CT molecular complexity index is 1570. The molecule has 10 heteroatoms. The molecule has 0 radical (unpaired) electrons. The van der Waals surface area contributed by atoms with Gasteiger partial charge in [0, 0.05) is 22.6 Å². The number of aryl methyl sites for hydroxylation is 3. The van der Waals surface area contributed by atoms with Gasteiger partial charge in [0.1, 0.15) is 12.6 Å². The number of rotatable bonds is 11. The van der Waals surface area contributed by atoms with Crippen LogP contribution in [0.4, 0.5) is 5.69 Å². The van der Waals surface area contributed by atoms with Crippen LogP contribution in [0, 0.1) is 20.8 Å². The number of benzene rings is 3. The van der Waals surface area contributed by atoms with Crippen LogP contribution < -0.4 is 9.62 Å². The smallest absolute Gasteiger partial charge is 0.264 e. The van der Waals surface area contributed by atoms with Crippen LogP contribution in [0.25, 0.3) is 0 Å². The van der Waals surface area contributed by atoms with E-state index >= 15 is 0 Å². The number of hydrogen-bond donors (Lipinski definition) is 1. The average molecular weight is 645 g/mol. The highest BCUT2D eigenvalue weighted by Crippen LogP contribution is 2.28. The maximum absolute atomic E-state index is 14.3. The molecule has 1 unspecified atom stereocenters. The van der Waals surface area contributed by atoms with Crippen LogP contribution in [-0.2, 0) is 26.2 Å². The van der Waals surface area contributed by atoms with Crippen molar-refractivity contribution in [3.05, 3.63) is 93.0 Å². The monoisotopic (exact) mass is 643 g/mol. The van der Waals surface area contributed by atoms with Crippen molar-refractivity contribution in [3.63, 3.8) is 0 Å². The number of halogens is 2. The van der Waals surface area contributed by atoms with Gasteiger partial charge in [-0.05, 0) is 93.1 Å². The highest BCUT2D eigenvalue weighted by atomic mass is 35.5. The van der Waals surface area contributed by atoms with Crippen LogP contribution in [0.1, 0.15) is 61.3 Å². The first-order valence-electron chi connectivity index (χ1n) is 14.6. The van der Waals surface area contributed by atoms with Gasteiger partial charge in [0.05, 0.1) is 10.6 Å². The SMILES string of the molecule is CCC(C(=O)NC1CCCC1)N(Cc1ccc(Cl)cc1Cl)C(=O)CN(c1ccc(C)c(C)c1)S(=O)(=O)c1ccc(C)cc1. The molecule has 3 aromatic rings. The van der Waals surface area contributed by atoms with Gasteiger partial charge in [0.15, 0.2) is 0 Å². The molecule has 0 aromatic heterocycles. The lowest BCUT2D eigenvalue weighted by atomic mass is 10.1. The molecule has 43 heavy (non-hydrogen) atoms. The number of hydrogen-bond acceptors (Lipinski definition) is 4. The van der Waals surface area contributed by atoms with Crippen LogP contribution in [-0.4, -0.2) is 43.8 Å². The Morgan fingerprint density at radius 3 is 2.21 bits per heavy atom. The Hall–Kier alpha value is -3.07. The number of carbonyl (C=O) groups is 2. The summed E-state index contributed by atoms with van der Waals surface area (Å²) in [6.45, 7) is 7.06. The molecule has 1 N–H and O–H groups in total. The van der Waals surface area contributed by atoms with Crippen molar-refractivity contribution < 1.29 is 18.0 Å². The Morgan fingerprint density at radius 1 is 0.930 bits per heavy atom. The van der Waals surface area contributed by atoms with Crippen molar-refractivity contribution >= 4 is 50.7 Å². The molecule has 1 saturated carbocycles. The first-order valence-corrected chi connectivity index (χ1v) is 16.8. The Morgan fingerprint density at radius 2 is 1.60 bits per heavy atom. The molecule has 1 atom stereocenters. The lowest BCUT2D eigenvalue weighted by molar-refractivity contribution is -0.140. The van der Waals surface area contributed by atoms with E-state index in [1.165, 1.54) is 4.90 Å². The number of sulfonamides is 1. The molecule has 1 aliphatic carbocycles. The van der Waals surface area contributed by atoms with Crippen LogP contribution in [0.15, 0.2) is 65.6 Å². The largest absolute Gasteiger partial charge is 0.352 e. The van der Waals surface area contributed by atoms with Crippen molar-refractivity contribution in [2.75, 3.05) is 10.8 Å². The predicted octanol–water partition coefficient (Wildman–Crippen LogP) is 6.98. The molecule has 2 amide bonds. The Kier molecular flexibility index (Phi) is 10.8. The summed E-state index contributed by atoms with van der Waals surface area (Å²) >= 11 is 12.6. The number of nitrogens with zero attached hydrogens (tertiary/aromatic N) is 2. The molecule has 0 spiro atoms. The summed E-state index contributed by atoms with van der Waals surface area (Å²) in [7, 11) is -4.15. The summed E-state index contributed by atoms with van der Waals surface area (Å²) in [5.41, 5.74) is 3.77.